The van der Waals surface area contributed by atoms with Crippen LogP contribution < -0.4 is 5.32 Å². The molecule has 0 bridgehead atoms. The normalized spacial score (nSPS) is 18.6. The molecule has 1 unspecified atom stereocenters. The van der Waals surface area contributed by atoms with Crippen molar-refractivity contribution in [2.45, 2.75) is 6.17 Å². The largest absolute Gasteiger partial charge is 0.314 e. The van der Waals surface area contributed by atoms with E-state index in [1.807, 2.05) is 0 Å². The molecule has 2 aromatic carbocycles. The third-order valence-electron chi connectivity index (χ3n) is 4.09. The first-order valence-electron chi connectivity index (χ1n) is 7.36. The summed E-state index contributed by atoms with van der Waals surface area (Å²) in [4.78, 5) is 4.89. The molecule has 3 heteroatoms. The Bertz CT molecular complexity index is 568. The molecule has 0 aliphatic carbocycles. The molecule has 0 amide bonds. The molecule has 1 aliphatic heterocycles. The summed E-state index contributed by atoms with van der Waals surface area (Å²) < 4.78 is 0. The second-order valence-electron chi connectivity index (χ2n) is 5.69. The predicted octanol–water partition coefficient (Wildman–Crippen LogP) is 2.31. The molecule has 20 heavy (non-hydrogen) atoms. The third-order valence-corrected chi connectivity index (χ3v) is 4.09. The second-order valence-corrected chi connectivity index (χ2v) is 5.69. The number of hydrogen-bond donors (Lipinski definition) is 1. The van der Waals surface area contributed by atoms with E-state index in [0.29, 0.717) is 6.17 Å². The van der Waals surface area contributed by atoms with Crippen LogP contribution in [0.15, 0.2) is 42.5 Å². The molecule has 1 aliphatic rings. The van der Waals surface area contributed by atoms with Crippen LogP contribution in [-0.4, -0.2) is 50.1 Å². The highest BCUT2D eigenvalue weighted by molar-refractivity contribution is 5.86. The molecule has 106 valence electrons. The first kappa shape index (κ1) is 13.6. The van der Waals surface area contributed by atoms with Crippen molar-refractivity contribution in [1.29, 1.82) is 0 Å². The molecule has 1 fully saturated rings. The van der Waals surface area contributed by atoms with Gasteiger partial charge in [-0.2, -0.15) is 0 Å². The lowest BCUT2D eigenvalue weighted by Crippen LogP contribution is -2.48. The van der Waals surface area contributed by atoms with E-state index in [2.05, 4.69) is 71.7 Å². The Morgan fingerprint density at radius 2 is 1.70 bits per heavy atom. The second kappa shape index (κ2) is 5.92. The van der Waals surface area contributed by atoms with Gasteiger partial charge in [-0.3, -0.25) is 9.80 Å². The maximum atomic E-state index is 3.44. The van der Waals surface area contributed by atoms with Crippen LogP contribution in [0.1, 0.15) is 11.7 Å². The van der Waals surface area contributed by atoms with E-state index in [1.165, 1.54) is 16.3 Å². The van der Waals surface area contributed by atoms with E-state index in [9.17, 15) is 0 Å². The molecular weight excluding hydrogens is 246 g/mol. The monoisotopic (exact) mass is 269 g/mol. The van der Waals surface area contributed by atoms with Gasteiger partial charge in [-0.1, -0.05) is 42.5 Å². The molecule has 0 spiro atoms. The highest BCUT2D eigenvalue weighted by Gasteiger charge is 2.25. The zero-order chi connectivity index (χ0) is 13.9. The van der Waals surface area contributed by atoms with Crippen LogP contribution in [0, 0.1) is 0 Å². The third kappa shape index (κ3) is 2.57. The zero-order valence-electron chi connectivity index (χ0n) is 12.3. The predicted molar refractivity (Wildman–Crippen MR) is 84.8 cm³/mol. The standard InChI is InChI=1S/C17H23N3/c1-19(2)17(20-12-10-18-11-13-20)16-9-5-7-14-6-3-4-8-15(14)16/h3-9,17-18H,10-13H2,1-2H3. The number of hydrogen-bond acceptors (Lipinski definition) is 3. The summed E-state index contributed by atoms with van der Waals surface area (Å²) in [7, 11) is 4.35. The molecule has 1 N–H and O–H groups in total. The lowest BCUT2D eigenvalue weighted by Gasteiger charge is -2.39. The van der Waals surface area contributed by atoms with Crippen molar-refractivity contribution in [1.82, 2.24) is 15.1 Å². The van der Waals surface area contributed by atoms with E-state index >= 15 is 0 Å². The fourth-order valence-corrected chi connectivity index (χ4v) is 3.20. The Labute approximate surface area is 121 Å². The molecule has 0 radical (unpaired) electrons. The SMILES string of the molecule is CN(C)C(c1cccc2ccccc12)N1CCNCC1. The number of benzene rings is 2. The van der Waals surface area contributed by atoms with Gasteiger partial charge in [0.05, 0.1) is 6.17 Å². The smallest absolute Gasteiger partial charge is 0.0888 e. The average molecular weight is 269 g/mol. The molecule has 0 aromatic heterocycles. The van der Waals surface area contributed by atoms with Crippen LogP contribution in [0.2, 0.25) is 0 Å². The van der Waals surface area contributed by atoms with Crippen molar-refractivity contribution in [2.75, 3.05) is 40.3 Å². The molecule has 3 nitrogen and oxygen atoms in total. The van der Waals surface area contributed by atoms with Crippen LogP contribution in [0.25, 0.3) is 10.8 Å². The van der Waals surface area contributed by atoms with Crippen molar-refractivity contribution in [2.24, 2.45) is 0 Å². The summed E-state index contributed by atoms with van der Waals surface area (Å²) in [6.45, 7) is 4.36. The zero-order valence-corrected chi connectivity index (χ0v) is 12.3. The highest BCUT2D eigenvalue weighted by Crippen LogP contribution is 2.29. The Morgan fingerprint density at radius 1 is 1.00 bits per heavy atom. The summed E-state index contributed by atoms with van der Waals surface area (Å²) in [5.41, 5.74) is 1.41. The first-order chi connectivity index (χ1) is 9.77. The first-order valence-corrected chi connectivity index (χ1v) is 7.36. The minimum Gasteiger partial charge on any atom is -0.314 e. The van der Waals surface area contributed by atoms with Gasteiger partial charge in [0.15, 0.2) is 0 Å². The van der Waals surface area contributed by atoms with Gasteiger partial charge in [0.2, 0.25) is 0 Å². The molecule has 1 atom stereocenters. The number of nitrogens with one attached hydrogen (secondary N) is 1. The maximum Gasteiger partial charge on any atom is 0.0888 e. The quantitative estimate of drug-likeness (QED) is 0.922. The van der Waals surface area contributed by atoms with Crippen LogP contribution >= 0.6 is 0 Å². The number of nitrogens with zero attached hydrogens (tertiary/aromatic N) is 2. The van der Waals surface area contributed by atoms with E-state index in [0.717, 1.165) is 26.2 Å². The van der Waals surface area contributed by atoms with Crippen molar-refractivity contribution in [3.05, 3.63) is 48.0 Å². The number of piperazine rings is 1. The van der Waals surface area contributed by atoms with Gasteiger partial charge in [-0.25, -0.2) is 0 Å². The number of rotatable bonds is 3. The summed E-state index contributed by atoms with van der Waals surface area (Å²) >= 11 is 0. The van der Waals surface area contributed by atoms with Gasteiger partial charge >= 0.3 is 0 Å². The van der Waals surface area contributed by atoms with Gasteiger partial charge in [0.25, 0.3) is 0 Å². The molecular formula is C17H23N3. The lowest BCUT2D eigenvalue weighted by molar-refractivity contribution is 0.0683. The van der Waals surface area contributed by atoms with Crippen LogP contribution in [0.3, 0.4) is 0 Å². The summed E-state index contributed by atoms with van der Waals surface area (Å²) in [5, 5.41) is 6.13. The Hall–Kier alpha value is -1.42. The van der Waals surface area contributed by atoms with Crippen LogP contribution in [-0.2, 0) is 0 Å². The van der Waals surface area contributed by atoms with Gasteiger partial charge < -0.3 is 5.32 Å². The maximum absolute atomic E-state index is 3.44. The molecule has 2 aromatic rings. The van der Waals surface area contributed by atoms with Crippen molar-refractivity contribution >= 4 is 10.8 Å². The van der Waals surface area contributed by atoms with E-state index in [-0.39, 0.29) is 0 Å². The van der Waals surface area contributed by atoms with Gasteiger partial charge in [-0.05, 0) is 30.4 Å². The summed E-state index contributed by atoms with van der Waals surface area (Å²) in [5.74, 6) is 0. The molecule has 1 saturated heterocycles. The van der Waals surface area contributed by atoms with Gasteiger partial charge in [-0.15, -0.1) is 0 Å². The minimum absolute atomic E-state index is 0.350. The number of fused-ring (bicyclic) bond motifs is 1. The van der Waals surface area contributed by atoms with Crippen LogP contribution in [0.5, 0.6) is 0 Å². The fraction of sp³-hybridized carbons (Fsp3) is 0.412. The molecule has 0 saturated carbocycles. The molecule has 1 heterocycles. The van der Waals surface area contributed by atoms with Gasteiger partial charge in [0, 0.05) is 26.2 Å². The average Bonchev–Trinajstić information content (AvgIpc) is 2.48. The van der Waals surface area contributed by atoms with Crippen LogP contribution in [0.4, 0.5) is 0 Å². The topological polar surface area (TPSA) is 18.5 Å². The summed E-state index contributed by atoms with van der Waals surface area (Å²) in [6, 6.07) is 15.3. The van der Waals surface area contributed by atoms with E-state index in [4.69, 9.17) is 0 Å². The fourth-order valence-electron chi connectivity index (χ4n) is 3.20. The summed E-state index contributed by atoms with van der Waals surface area (Å²) in [6.07, 6.45) is 0.350. The Balaban J connectivity index is 2.05. The lowest BCUT2D eigenvalue weighted by atomic mass is 10.0. The van der Waals surface area contributed by atoms with E-state index < -0.39 is 0 Å². The van der Waals surface area contributed by atoms with Gasteiger partial charge in [0.1, 0.15) is 0 Å². The minimum atomic E-state index is 0.350. The Morgan fingerprint density at radius 3 is 2.45 bits per heavy atom. The van der Waals surface area contributed by atoms with Crippen molar-refractivity contribution in [3.8, 4) is 0 Å². The van der Waals surface area contributed by atoms with Crippen molar-refractivity contribution < 1.29 is 0 Å². The van der Waals surface area contributed by atoms with Crippen molar-refractivity contribution in [3.63, 3.8) is 0 Å². The molecule has 3 rings (SSSR count). The Kier molecular flexibility index (Phi) is 4.01. The van der Waals surface area contributed by atoms with E-state index in [1.54, 1.807) is 0 Å². The highest BCUT2D eigenvalue weighted by atomic mass is 15.3.